The first-order chi connectivity index (χ1) is 8.02. The molecule has 6 heteroatoms. The van der Waals surface area contributed by atoms with Crippen molar-refractivity contribution in [3.63, 3.8) is 0 Å². The molecule has 1 aromatic heterocycles. The van der Waals surface area contributed by atoms with Gasteiger partial charge in [0, 0.05) is 5.56 Å². The highest BCUT2D eigenvalue weighted by atomic mass is 19.4. The number of carbonyl (C=O) groups excluding carboxylic acids is 1. The fraction of sp³-hybridized carbons (Fsp3) is 0.0909. The molecule has 0 unspecified atom stereocenters. The van der Waals surface area contributed by atoms with E-state index in [0.29, 0.717) is 6.29 Å². The molecule has 88 valence electrons. The molecule has 1 aromatic carbocycles. The first kappa shape index (κ1) is 11.4. The molecule has 0 spiro atoms. The third-order valence-electron chi connectivity index (χ3n) is 2.10. The van der Waals surface area contributed by atoms with Crippen LogP contribution in [0.3, 0.4) is 0 Å². The van der Waals surface area contributed by atoms with E-state index in [0.717, 1.165) is 12.3 Å². The van der Waals surface area contributed by atoms with Crippen molar-refractivity contribution in [1.82, 2.24) is 4.98 Å². The number of aromatic nitrogens is 1. The van der Waals surface area contributed by atoms with Crippen LogP contribution in [0.1, 0.15) is 16.1 Å². The molecular formula is C11H6F3NO2. The first-order valence-corrected chi connectivity index (χ1v) is 4.60. The van der Waals surface area contributed by atoms with E-state index in [1.54, 1.807) is 0 Å². The van der Waals surface area contributed by atoms with E-state index < -0.39 is 11.7 Å². The van der Waals surface area contributed by atoms with Gasteiger partial charge in [0.2, 0.25) is 5.89 Å². The third kappa shape index (κ3) is 2.20. The Hall–Kier alpha value is -2.11. The van der Waals surface area contributed by atoms with Crippen molar-refractivity contribution in [2.45, 2.75) is 6.18 Å². The van der Waals surface area contributed by atoms with Gasteiger partial charge in [0.05, 0.1) is 11.8 Å². The van der Waals surface area contributed by atoms with Gasteiger partial charge in [-0.05, 0) is 12.1 Å². The summed E-state index contributed by atoms with van der Waals surface area (Å²) in [5, 5.41) is 0. The molecule has 2 rings (SSSR count). The lowest BCUT2D eigenvalue weighted by atomic mass is 10.1. The lowest BCUT2D eigenvalue weighted by Gasteiger charge is -2.09. The number of carbonyl (C=O) groups is 1. The Balaban J connectivity index is 2.55. The maximum absolute atomic E-state index is 12.7. The highest BCUT2D eigenvalue weighted by Gasteiger charge is 2.34. The molecule has 0 fully saturated rings. The topological polar surface area (TPSA) is 43.1 Å². The molecule has 2 aromatic rings. The van der Waals surface area contributed by atoms with Crippen LogP contribution in [0.2, 0.25) is 0 Å². The van der Waals surface area contributed by atoms with Crippen molar-refractivity contribution in [3.8, 4) is 11.5 Å². The fourth-order valence-corrected chi connectivity index (χ4v) is 1.38. The summed E-state index contributed by atoms with van der Waals surface area (Å²) in [5.74, 6) is -0.336. The molecule has 0 N–H and O–H groups in total. The minimum Gasteiger partial charge on any atom is -0.433 e. The van der Waals surface area contributed by atoms with E-state index in [4.69, 9.17) is 4.42 Å². The molecular weight excluding hydrogens is 235 g/mol. The van der Waals surface area contributed by atoms with Crippen molar-refractivity contribution in [2.24, 2.45) is 0 Å². The maximum atomic E-state index is 12.7. The molecule has 0 radical (unpaired) electrons. The number of oxazole rings is 1. The Morgan fingerprint density at radius 3 is 2.53 bits per heavy atom. The van der Waals surface area contributed by atoms with Crippen LogP contribution >= 0.6 is 0 Å². The molecule has 0 atom stereocenters. The lowest BCUT2D eigenvalue weighted by Crippen LogP contribution is -2.06. The van der Waals surface area contributed by atoms with Crippen molar-refractivity contribution >= 4 is 6.29 Å². The number of rotatable bonds is 2. The zero-order valence-corrected chi connectivity index (χ0v) is 8.36. The van der Waals surface area contributed by atoms with Gasteiger partial charge in [-0.25, -0.2) is 4.98 Å². The van der Waals surface area contributed by atoms with E-state index in [-0.39, 0.29) is 17.2 Å². The summed E-state index contributed by atoms with van der Waals surface area (Å²) in [6.45, 7) is 0. The van der Waals surface area contributed by atoms with Crippen LogP contribution in [0.15, 0.2) is 34.9 Å². The van der Waals surface area contributed by atoms with Gasteiger partial charge >= 0.3 is 6.18 Å². The molecule has 0 aliphatic rings. The van der Waals surface area contributed by atoms with Gasteiger partial charge in [-0.1, -0.05) is 12.1 Å². The fourth-order valence-electron chi connectivity index (χ4n) is 1.38. The second-order valence-corrected chi connectivity index (χ2v) is 3.23. The van der Waals surface area contributed by atoms with E-state index in [9.17, 15) is 18.0 Å². The Labute approximate surface area is 93.9 Å². The molecule has 0 saturated carbocycles. The van der Waals surface area contributed by atoms with Gasteiger partial charge < -0.3 is 4.42 Å². The number of nitrogens with zero attached hydrogens (tertiary/aromatic N) is 1. The quantitative estimate of drug-likeness (QED) is 0.758. The SMILES string of the molecule is O=Cc1cnc(-c2ccccc2C(F)(F)F)o1. The number of aldehydes is 1. The summed E-state index contributed by atoms with van der Waals surface area (Å²) in [6.07, 6.45) is -3.03. The van der Waals surface area contributed by atoms with Crippen LogP contribution in [-0.4, -0.2) is 11.3 Å². The van der Waals surface area contributed by atoms with Crippen molar-refractivity contribution < 1.29 is 22.4 Å². The monoisotopic (exact) mass is 241 g/mol. The predicted octanol–water partition coefficient (Wildman–Crippen LogP) is 3.17. The number of halogens is 3. The zero-order chi connectivity index (χ0) is 12.5. The molecule has 0 amide bonds. The summed E-state index contributed by atoms with van der Waals surface area (Å²) in [7, 11) is 0. The van der Waals surface area contributed by atoms with E-state index in [1.165, 1.54) is 18.2 Å². The Morgan fingerprint density at radius 1 is 1.24 bits per heavy atom. The van der Waals surface area contributed by atoms with Gasteiger partial charge in [-0.2, -0.15) is 13.2 Å². The molecule has 0 aliphatic carbocycles. The summed E-state index contributed by atoms with van der Waals surface area (Å²) < 4.78 is 42.9. The van der Waals surface area contributed by atoms with Crippen LogP contribution in [0.25, 0.3) is 11.5 Å². The number of benzene rings is 1. The average Bonchev–Trinajstić information content (AvgIpc) is 2.76. The number of alkyl halides is 3. The molecule has 17 heavy (non-hydrogen) atoms. The van der Waals surface area contributed by atoms with Crippen LogP contribution in [0.4, 0.5) is 13.2 Å². The van der Waals surface area contributed by atoms with Gasteiger partial charge in [-0.15, -0.1) is 0 Å². The van der Waals surface area contributed by atoms with E-state index in [2.05, 4.69) is 4.98 Å². The summed E-state index contributed by atoms with van der Waals surface area (Å²) in [5.41, 5.74) is -1.03. The third-order valence-corrected chi connectivity index (χ3v) is 2.10. The van der Waals surface area contributed by atoms with Gasteiger partial charge in [-0.3, -0.25) is 4.79 Å². The van der Waals surface area contributed by atoms with Crippen molar-refractivity contribution in [3.05, 3.63) is 41.8 Å². The van der Waals surface area contributed by atoms with Crippen LogP contribution in [-0.2, 0) is 6.18 Å². The Morgan fingerprint density at radius 2 is 1.94 bits per heavy atom. The molecule has 1 heterocycles. The largest absolute Gasteiger partial charge is 0.433 e. The maximum Gasteiger partial charge on any atom is 0.417 e. The van der Waals surface area contributed by atoms with Crippen LogP contribution < -0.4 is 0 Å². The second kappa shape index (κ2) is 4.04. The minimum absolute atomic E-state index is 0.114. The highest BCUT2D eigenvalue weighted by molar-refractivity contribution is 5.71. The van der Waals surface area contributed by atoms with Crippen molar-refractivity contribution in [1.29, 1.82) is 0 Å². The minimum atomic E-state index is -4.49. The average molecular weight is 241 g/mol. The zero-order valence-electron chi connectivity index (χ0n) is 8.36. The summed E-state index contributed by atoms with van der Waals surface area (Å²) in [4.78, 5) is 14.0. The molecule has 0 aliphatic heterocycles. The second-order valence-electron chi connectivity index (χ2n) is 3.23. The van der Waals surface area contributed by atoms with Crippen LogP contribution in [0, 0.1) is 0 Å². The normalized spacial score (nSPS) is 11.5. The van der Waals surface area contributed by atoms with Crippen molar-refractivity contribution in [2.75, 3.05) is 0 Å². The molecule has 0 bridgehead atoms. The number of hydrogen-bond acceptors (Lipinski definition) is 3. The highest BCUT2D eigenvalue weighted by Crippen LogP contribution is 2.36. The smallest absolute Gasteiger partial charge is 0.417 e. The van der Waals surface area contributed by atoms with Crippen LogP contribution in [0.5, 0.6) is 0 Å². The van der Waals surface area contributed by atoms with Gasteiger partial charge in [0.25, 0.3) is 0 Å². The number of hydrogen-bond donors (Lipinski definition) is 0. The summed E-state index contributed by atoms with van der Waals surface area (Å²) in [6, 6.07) is 4.88. The molecule has 3 nitrogen and oxygen atoms in total. The molecule has 0 saturated heterocycles. The van der Waals surface area contributed by atoms with Gasteiger partial charge in [0.15, 0.2) is 12.0 Å². The van der Waals surface area contributed by atoms with E-state index >= 15 is 0 Å². The predicted molar refractivity (Wildman–Crippen MR) is 52.3 cm³/mol. The van der Waals surface area contributed by atoms with Gasteiger partial charge in [0.1, 0.15) is 0 Å². The Bertz CT molecular complexity index is 546. The summed E-state index contributed by atoms with van der Waals surface area (Å²) >= 11 is 0. The first-order valence-electron chi connectivity index (χ1n) is 4.60. The van der Waals surface area contributed by atoms with E-state index in [1.807, 2.05) is 0 Å². The Kier molecular flexibility index (Phi) is 2.71. The lowest BCUT2D eigenvalue weighted by molar-refractivity contribution is -0.137. The standard InChI is InChI=1S/C11H6F3NO2/c12-11(13,14)9-4-2-1-3-8(9)10-15-5-7(6-16)17-10/h1-6H.